The lowest BCUT2D eigenvalue weighted by atomic mass is 9.94. The fourth-order valence-corrected chi connectivity index (χ4v) is 2.55. The summed E-state index contributed by atoms with van der Waals surface area (Å²) in [5, 5.41) is 5.81. The monoisotopic (exact) mass is 223 g/mol. The summed E-state index contributed by atoms with van der Waals surface area (Å²) in [6, 6.07) is 12.5. The summed E-state index contributed by atoms with van der Waals surface area (Å²) in [7, 11) is 0. The Hall–Kier alpha value is -2.09. The first kappa shape index (κ1) is 10.1. The molecule has 1 unspecified atom stereocenters. The zero-order valence-electron chi connectivity index (χ0n) is 9.60. The van der Waals surface area contributed by atoms with Crippen molar-refractivity contribution in [2.75, 3.05) is 5.32 Å². The lowest BCUT2D eigenvalue weighted by molar-refractivity contribution is -0.104. The van der Waals surface area contributed by atoms with Crippen LogP contribution in [-0.2, 0) is 4.79 Å². The summed E-state index contributed by atoms with van der Waals surface area (Å²) < 4.78 is 0. The Balaban J connectivity index is 2.27. The number of fused-ring (bicyclic) bond motifs is 3. The van der Waals surface area contributed by atoms with Gasteiger partial charge in [0.05, 0.1) is 0 Å². The fraction of sp³-hybridized carbons (Fsp3) is 0.133. The highest BCUT2D eigenvalue weighted by molar-refractivity contribution is 5.93. The van der Waals surface area contributed by atoms with Crippen molar-refractivity contribution in [2.45, 2.75) is 12.8 Å². The Morgan fingerprint density at radius 2 is 2.00 bits per heavy atom. The van der Waals surface area contributed by atoms with E-state index < -0.39 is 0 Å². The number of carbonyl (C=O) groups is 1. The van der Waals surface area contributed by atoms with Crippen LogP contribution < -0.4 is 5.32 Å². The topological polar surface area (TPSA) is 29.1 Å². The molecule has 0 bridgehead atoms. The van der Waals surface area contributed by atoms with Crippen molar-refractivity contribution >= 4 is 22.7 Å². The minimum atomic E-state index is 0.251. The van der Waals surface area contributed by atoms with Crippen molar-refractivity contribution in [3.63, 3.8) is 0 Å². The number of rotatable bonds is 1. The second-order valence-electron chi connectivity index (χ2n) is 4.35. The average molecular weight is 223 g/mol. The molecule has 0 saturated carbocycles. The number of hydrogen-bond acceptors (Lipinski definition) is 2. The van der Waals surface area contributed by atoms with Gasteiger partial charge in [-0.25, -0.2) is 0 Å². The van der Waals surface area contributed by atoms with Crippen LogP contribution in [0.4, 0.5) is 5.69 Å². The van der Waals surface area contributed by atoms with E-state index in [0.717, 1.165) is 17.7 Å². The highest BCUT2D eigenvalue weighted by Crippen LogP contribution is 2.42. The van der Waals surface area contributed by atoms with Gasteiger partial charge in [0.2, 0.25) is 0 Å². The highest BCUT2D eigenvalue weighted by atomic mass is 16.1. The van der Waals surface area contributed by atoms with Gasteiger partial charge in [0, 0.05) is 17.3 Å². The van der Waals surface area contributed by atoms with Crippen LogP contribution in [0.25, 0.3) is 10.8 Å². The molecule has 0 fully saturated rings. The van der Waals surface area contributed by atoms with Crippen molar-refractivity contribution in [1.82, 2.24) is 0 Å². The van der Waals surface area contributed by atoms with Crippen LogP contribution in [0.3, 0.4) is 0 Å². The van der Waals surface area contributed by atoms with Gasteiger partial charge in [0.25, 0.3) is 0 Å². The summed E-state index contributed by atoms with van der Waals surface area (Å²) in [6.07, 6.45) is 2.45. The van der Waals surface area contributed by atoms with Gasteiger partial charge in [0.1, 0.15) is 6.29 Å². The van der Waals surface area contributed by atoms with Gasteiger partial charge < -0.3 is 5.32 Å². The molecule has 0 saturated heterocycles. The molecule has 84 valence electrons. The van der Waals surface area contributed by atoms with Gasteiger partial charge in [-0.3, -0.25) is 4.79 Å². The second kappa shape index (κ2) is 3.74. The summed E-state index contributed by atoms with van der Waals surface area (Å²) >= 11 is 0. The summed E-state index contributed by atoms with van der Waals surface area (Å²) in [4.78, 5) is 10.6. The molecule has 0 spiro atoms. The molecule has 0 aliphatic carbocycles. The van der Waals surface area contributed by atoms with Crippen molar-refractivity contribution in [1.29, 1.82) is 0 Å². The summed E-state index contributed by atoms with van der Waals surface area (Å²) in [5.41, 5.74) is 3.38. The molecular formula is C15H13NO. The molecule has 2 aromatic rings. The first-order valence-corrected chi connectivity index (χ1v) is 5.75. The van der Waals surface area contributed by atoms with Crippen molar-refractivity contribution < 1.29 is 4.79 Å². The van der Waals surface area contributed by atoms with E-state index in [4.69, 9.17) is 0 Å². The van der Waals surface area contributed by atoms with E-state index >= 15 is 0 Å². The van der Waals surface area contributed by atoms with Gasteiger partial charge in [0.15, 0.2) is 0 Å². The first-order chi connectivity index (χ1) is 8.31. The molecule has 1 aliphatic rings. The molecule has 1 aliphatic heterocycles. The molecule has 2 heteroatoms. The van der Waals surface area contributed by atoms with Crippen molar-refractivity contribution in [3.05, 3.63) is 53.7 Å². The maximum Gasteiger partial charge on any atom is 0.144 e. The van der Waals surface area contributed by atoms with E-state index in [1.165, 1.54) is 16.3 Å². The zero-order valence-corrected chi connectivity index (χ0v) is 9.60. The van der Waals surface area contributed by atoms with Crippen LogP contribution in [0.15, 0.2) is 48.2 Å². The van der Waals surface area contributed by atoms with E-state index in [0.29, 0.717) is 0 Å². The largest absolute Gasteiger partial charge is 0.358 e. The Morgan fingerprint density at radius 1 is 1.18 bits per heavy atom. The van der Waals surface area contributed by atoms with Crippen LogP contribution in [0.2, 0.25) is 0 Å². The maximum atomic E-state index is 10.6. The third-order valence-electron chi connectivity index (χ3n) is 3.40. The summed E-state index contributed by atoms with van der Waals surface area (Å²) in [5.74, 6) is 0.251. The molecular weight excluding hydrogens is 210 g/mol. The molecule has 2 nitrogen and oxygen atoms in total. The van der Waals surface area contributed by atoms with Crippen LogP contribution >= 0.6 is 0 Å². The lowest BCUT2D eigenvalue weighted by Crippen LogP contribution is -1.96. The molecule has 1 N–H and O–H groups in total. The number of hydrogen-bond donors (Lipinski definition) is 1. The molecule has 17 heavy (non-hydrogen) atoms. The maximum absolute atomic E-state index is 10.6. The SMILES string of the molecule is CC1C(=CC=O)Nc2ccc3ccccc3c21. The van der Waals surface area contributed by atoms with Gasteiger partial charge in [-0.05, 0) is 28.5 Å². The third kappa shape index (κ3) is 1.45. The van der Waals surface area contributed by atoms with Gasteiger partial charge in [-0.15, -0.1) is 0 Å². The molecule has 1 atom stereocenters. The van der Waals surface area contributed by atoms with E-state index in [-0.39, 0.29) is 5.92 Å². The number of anilines is 1. The van der Waals surface area contributed by atoms with Gasteiger partial charge >= 0.3 is 0 Å². The summed E-state index contributed by atoms with van der Waals surface area (Å²) in [6.45, 7) is 2.13. The average Bonchev–Trinajstić information content (AvgIpc) is 2.67. The molecule has 3 rings (SSSR count). The van der Waals surface area contributed by atoms with Crippen LogP contribution in [0, 0.1) is 0 Å². The molecule has 0 amide bonds. The quantitative estimate of drug-likeness (QED) is 0.592. The fourth-order valence-electron chi connectivity index (χ4n) is 2.55. The van der Waals surface area contributed by atoms with Crippen molar-refractivity contribution in [2.24, 2.45) is 0 Å². The van der Waals surface area contributed by atoms with Crippen LogP contribution in [0.5, 0.6) is 0 Å². The minimum absolute atomic E-state index is 0.251. The highest BCUT2D eigenvalue weighted by Gasteiger charge is 2.24. The predicted octanol–water partition coefficient (Wildman–Crippen LogP) is 3.45. The van der Waals surface area contributed by atoms with E-state index in [1.54, 1.807) is 6.08 Å². The minimum Gasteiger partial charge on any atom is -0.358 e. The third-order valence-corrected chi connectivity index (χ3v) is 3.40. The lowest BCUT2D eigenvalue weighted by Gasteiger charge is -2.07. The van der Waals surface area contributed by atoms with Crippen LogP contribution in [-0.4, -0.2) is 6.29 Å². The number of allylic oxidation sites excluding steroid dienone is 2. The van der Waals surface area contributed by atoms with E-state index in [2.05, 4.69) is 42.6 Å². The van der Waals surface area contributed by atoms with Gasteiger partial charge in [-0.2, -0.15) is 0 Å². The predicted molar refractivity (Wildman–Crippen MR) is 70.1 cm³/mol. The zero-order chi connectivity index (χ0) is 11.8. The van der Waals surface area contributed by atoms with Crippen molar-refractivity contribution in [3.8, 4) is 0 Å². The second-order valence-corrected chi connectivity index (χ2v) is 4.35. The normalized spacial score (nSPS) is 20.3. The number of aldehydes is 1. The molecule has 1 heterocycles. The Morgan fingerprint density at radius 3 is 2.82 bits per heavy atom. The van der Waals surface area contributed by atoms with Crippen LogP contribution in [0.1, 0.15) is 18.4 Å². The van der Waals surface area contributed by atoms with E-state index in [1.807, 2.05) is 6.07 Å². The first-order valence-electron chi connectivity index (χ1n) is 5.75. The Kier molecular flexibility index (Phi) is 2.22. The molecule has 0 radical (unpaired) electrons. The molecule has 2 aromatic carbocycles. The Bertz CT molecular complexity index is 628. The van der Waals surface area contributed by atoms with Gasteiger partial charge in [-0.1, -0.05) is 37.3 Å². The number of carbonyl (C=O) groups excluding carboxylic acids is 1. The molecule has 0 aromatic heterocycles. The Labute approximate surface area is 100.0 Å². The number of benzene rings is 2. The van der Waals surface area contributed by atoms with E-state index in [9.17, 15) is 4.79 Å². The number of nitrogens with one attached hydrogen (secondary N) is 1. The standard InChI is InChI=1S/C15H13NO/c1-10-13(8-9-17)16-14-7-6-11-4-2-3-5-12(11)15(10)14/h2-10,16H,1H3. The smallest absolute Gasteiger partial charge is 0.144 e.